The number of hydrazine groups is 2. The molecule has 0 saturated heterocycles. The smallest absolute Gasteiger partial charge is 0.122 e. The van der Waals surface area contributed by atoms with Gasteiger partial charge in [-0.3, -0.25) is 10.0 Å². The highest BCUT2D eigenvalue weighted by atomic mass is 16.5. The molecule has 0 aromatic rings. The number of nitrogens with one attached hydrogen (secondary N) is 2. The predicted molar refractivity (Wildman–Crippen MR) is 143 cm³/mol. The first kappa shape index (κ1) is 27.5. The van der Waals surface area contributed by atoms with Crippen LogP contribution >= 0.6 is 0 Å². The van der Waals surface area contributed by atoms with E-state index in [2.05, 4.69) is 48.2 Å². The van der Waals surface area contributed by atoms with Gasteiger partial charge in [-0.05, 0) is 90.4 Å². The first-order valence-corrected chi connectivity index (χ1v) is 12.5. The Labute approximate surface area is 206 Å². The Bertz CT molecular complexity index is 871. The lowest BCUT2D eigenvalue weighted by atomic mass is 9.97. The van der Waals surface area contributed by atoms with Crippen molar-refractivity contribution in [3.8, 4) is 0 Å². The summed E-state index contributed by atoms with van der Waals surface area (Å²) in [5, 5.41) is 2.02. The van der Waals surface area contributed by atoms with E-state index in [4.69, 9.17) is 9.47 Å². The Morgan fingerprint density at radius 2 is 1.88 bits per heavy atom. The molecule has 0 unspecified atom stereocenters. The van der Waals surface area contributed by atoms with Gasteiger partial charge in [0.05, 0.1) is 23.6 Å². The maximum atomic E-state index is 6.30. The van der Waals surface area contributed by atoms with Gasteiger partial charge in [-0.25, -0.2) is 0 Å². The summed E-state index contributed by atoms with van der Waals surface area (Å²) in [5.74, 6) is 1.51. The largest absolute Gasteiger partial charge is 0.492 e. The van der Waals surface area contributed by atoms with E-state index >= 15 is 0 Å². The zero-order valence-electron chi connectivity index (χ0n) is 22.0. The van der Waals surface area contributed by atoms with E-state index in [0.717, 1.165) is 54.0 Å². The molecule has 0 bridgehead atoms. The zero-order valence-corrected chi connectivity index (χ0v) is 22.0. The van der Waals surface area contributed by atoms with Crippen LogP contribution in [0.1, 0.15) is 79.6 Å². The summed E-state index contributed by atoms with van der Waals surface area (Å²) >= 11 is 0. The van der Waals surface area contributed by atoms with Crippen molar-refractivity contribution in [2.45, 2.75) is 91.8 Å². The highest BCUT2D eigenvalue weighted by Gasteiger charge is 2.20. The maximum Gasteiger partial charge on any atom is 0.122 e. The van der Waals surface area contributed by atoms with Crippen molar-refractivity contribution >= 4 is 6.21 Å². The molecule has 1 fully saturated rings. The fraction of sp³-hybridized carbons (Fsp3) is 0.536. The topological polar surface area (TPSA) is 58.1 Å². The van der Waals surface area contributed by atoms with Gasteiger partial charge in [0.1, 0.15) is 11.5 Å². The normalized spacial score (nSPS) is 18.7. The van der Waals surface area contributed by atoms with Crippen molar-refractivity contribution in [1.82, 2.24) is 16.0 Å². The van der Waals surface area contributed by atoms with Crippen LogP contribution < -0.4 is 11.0 Å². The minimum absolute atomic E-state index is 0.0892. The van der Waals surface area contributed by atoms with Gasteiger partial charge >= 0.3 is 0 Å². The van der Waals surface area contributed by atoms with Crippen LogP contribution in [0.25, 0.3) is 0 Å². The van der Waals surface area contributed by atoms with Gasteiger partial charge in [-0.15, -0.1) is 5.53 Å². The fourth-order valence-corrected chi connectivity index (χ4v) is 4.10. The molecule has 1 aliphatic carbocycles. The molecule has 6 heteroatoms. The van der Waals surface area contributed by atoms with E-state index in [0.29, 0.717) is 11.9 Å². The molecule has 1 aliphatic heterocycles. The van der Waals surface area contributed by atoms with Crippen LogP contribution in [0.5, 0.6) is 0 Å². The van der Waals surface area contributed by atoms with Crippen LogP contribution in [0.2, 0.25) is 0 Å². The molecule has 1 heterocycles. The molecule has 0 radical (unpaired) electrons. The summed E-state index contributed by atoms with van der Waals surface area (Å²) in [6.07, 6.45) is 15.9. The van der Waals surface area contributed by atoms with Gasteiger partial charge in [0, 0.05) is 25.0 Å². The molecule has 0 aromatic carbocycles. The average molecular weight is 469 g/mol. The Kier molecular flexibility index (Phi) is 11.2. The van der Waals surface area contributed by atoms with Crippen molar-refractivity contribution in [2.75, 3.05) is 7.05 Å². The van der Waals surface area contributed by atoms with Crippen molar-refractivity contribution in [3.05, 3.63) is 71.1 Å². The Morgan fingerprint density at radius 3 is 2.50 bits per heavy atom. The average Bonchev–Trinajstić information content (AvgIpc) is 3.15. The summed E-state index contributed by atoms with van der Waals surface area (Å²) < 4.78 is 12.0. The molecule has 0 aromatic heterocycles. The number of ether oxygens (including phenoxy) is 2. The molecule has 6 nitrogen and oxygen atoms in total. The SMILES string of the molecule is C=C(/C=C(CCC1=C(/C(C)=C/C=C(/OC2CCCCC2)C(=C)C)NNN1C)\N=C/C)OC(C)C. The quantitative estimate of drug-likeness (QED) is 0.192. The Balaban J connectivity index is 2.17. The van der Waals surface area contributed by atoms with Crippen LogP contribution in [-0.2, 0) is 9.47 Å². The summed E-state index contributed by atoms with van der Waals surface area (Å²) in [6.45, 7) is 18.1. The number of rotatable bonds is 12. The van der Waals surface area contributed by atoms with Gasteiger partial charge < -0.3 is 14.9 Å². The molecule has 0 spiro atoms. The van der Waals surface area contributed by atoms with Gasteiger partial charge in [0.25, 0.3) is 0 Å². The molecule has 0 amide bonds. The second kappa shape index (κ2) is 13.9. The predicted octanol–water partition coefficient (Wildman–Crippen LogP) is 6.60. The second-order valence-corrected chi connectivity index (χ2v) is 9.31. The first-order chi connectivity index (χ1) is 16.2. The standard InChI is InChI=1S/C28H44N4O2/c1-9-29-24(19-23(7)33-21(4)5)16-17-26-28(30-31-32(26)8)22(6)15-18-27(20(2)3)34-25-13-11-10-12-14-25/h9,15,18-19,21,25,30-31H,2,7,10-14,16-17H2,1,3-6,8H3/b22-15+,24-19-,27-18+,29-9-. The van der Waals surface area contributed by atoms with E-state index in [1.165, 1.54) is 25.0 Å². The minimum Gasteiger partial charge on any atom is -0.492 e. The third-order valence-corrected chi connectivity index (χ3v) is 5.82. The Hall–Kier alpha value is -2.73. The highest BCUT2D eigenvalue weighted by Crippen LogP contribution is 2.27. The van der Waals surface area contributed by atoms with Crippen molar-refractivity contribution in [2.24, 2.45) is 4.99 Å². The molecule has 1 saturated carbocycles. The summed E-state index contributed by atoms with van der Waals surface area (Å²) in [7, 11) is 2.01. The van der Waals surface area contributed by atoms with E-state index < -0.39 is 0 Å². The molecule has 2 rings (SSSR count). The van der Waals surface area contributed by atoms with Crippen LogP contribution in [0.3, 0.4) is 0 Å². The molecule has 2 N–H and O–H groups in total. The van der Waals surface area contributed by atoms with Gasteiger partial charge in [-0.1, -0.05) is 25.7 Å². The minimum atomic E-state index is 0.0892. The lowest BCUT2D eigenvalue weighted by Crippen LogP contribution is -2.34. The summed E-state index contributed by atoms with van der Waals surface area (Å²) in [6, 6.07) is 0. The van der Waals surface area contributed by atoms with Crippen molar-refractivity contribution < 1.29 is 9.47 Å². The number of hydrogen-bond acceptors (Lipinski definition) is 6. The van der Waals surface area contributed by atoms with Gasteiger partial charge in [0.2, 0.25) is 0 Å². The van der Waals surface area contributed by atoms with E-state index in [1.807, 2.05) is 45.8 Å². The Morgan fingerprint density at radius 1 is 1.18 bits per heavy atom. The van der Waals surface area contributed by atoms with Crippen LogP contribution in [-0.4, -0.2) is 30.5 Å². The molecule has 0 atom stereocenters. The number of aliphatic imine (C=N–C) groups is 1. The fourth-order valence-electron chi connectivity index (χ4n) is 4.10. The van der Waals surface area contributed by atoms with Crippen molar-refractivity contribution in [1.29, 1.82) is 0 Å². The lowest BCUT2D eigenvalue weighted by molar-refractivity contribution is 0.0876. The number of hydrogen-bond donors (Lipinski definition) is 2. The zero-order chi connectivity index (χ0) is 25.1. The van der Waals surface area contributed by atoms with Crippen LogP contribution in [0.15, 0.2) is 76.1 Å². The summed E-state index contributed by atoms with van der Waals surface area (Å²) in [4.78, 5) is 4.52. The van der Waals surface area contributed by atoms with E-state index in [9.17, 15) is 0 Å². The maximum absolute atomic E-state index is 6.30. The molecule has 188 valence electrons. The van der Waals surface area contributed by atoms with E-state index in [1.54, 1.807) is 6.21 Å². The van der Waals surface area contributed by atoms with Gasteiger partial charge in [-0.2, -0.15) is 0 Å². The van der Waals surface area contributed by atoms with Crippen LogP contribution in [0, 0.1) is 0 Å². The van der Waals surface area contributed by atoms with Crippen LogP contribution in [0.4, 0.5) is 0 Å². The molecular formula is C28H44N4O2. The van der Waals surface area contributed by atoms with Crippen molar-refractivity contribution in [3.63, 3.8) is 0 Å². The molecular weight excluding hydrogens is 424 g/mol. The number of nitrogens with zero attached hydrogens (tertiary/aromatic N) is 2. The third-order valence-electron chi connectivity index (χ3n) is 5.82. The lowest BCUT2D eigenvalue weighted by Gasteiger charge is -2.24. The van der Waals surface area contributed by atoms with Gasteiger partial charge in [0.15, 0.2) is 0 Å². The van der Waals surface area contributed by atoms with E-state index in [-0.39, 0.29) is 6.10 Å². The summed E-state index contributed by atoms with van der Waals surface area (Å²) in [5.41, 5.74) is 11.7. The number of allylic oxidation sites excluding steroid dienone is 7. The highest BCUT2D eigenvalue weighted by molar-refractivity contribution is 5.55. The first-order valence-electron chi connectivity index (χ1n) is 12.5. The second-order valence-electron chi connectivity index (χ2n) is 9.31. The monoisotopic (exact) mass is 468 g/mol. The third kappa shape index (κ3) is 8.90. The molecule has 2 aliphatic rings. The molecule has 34 heavy (non-hydrogen) atoms.